The van der Waals surface area contributed by atoms with Gasteiger partial charge in [0.15, 0.2) is 0 Å². The minimum atomic E-state index is -0.653. The third kappa shape index (κ3) is 10.8. The number of carbonyl (C=O) groups excluding carboxylic acids is 2. The Labute approximate surface area is 120 Å². The van der Waals surface area contributed by atoms with Crippen LogP contribution in [0.2, 0.25) is 0 Å². The number of aliphatic hydroxyl groups excluding tert-OH is 2. The van der Waals surface area contributed by atoms with Gasteiger partial charge in [0, 0.05) is 0 Å². The van der Waals surface area contributed by atoms with Crippen LogP contribution >= 0.6 is 0 Å². The maximum absolute atomic E-state index is 11.3. The molecular formula is C14H26O6. The molecule has 0 amide bonds. The lowest BCUT2D eigenvalue weighted by Crippen LogP contribution is -2.20. The van der Waals surface area contributed by atoms with Crippen molar-refractivity contribution in [2.24, 2.45) is 0 Å². The summed E-state index contributed by atoms with van der Waals surface area (Å²) in [5.74, 6) is -1.07. The lowest BCUT2D eigenvalue weighted by molar-refractivity contribution is -0.153. The first-order chi connectivity index (χ1) is 9.49. The Hall–Kier alpha value is -1.14. The Bertz CT molecular complexity index is 251. The van der Waals surface area contributed by atoms with Crippen LogP contribution in [0, 0.1) is 0 Å². The molecule has 2 atom stereocenters. The van der Waals surface area contributed by atoms with E-state index in [1.165, 1.54) is 0 Å². The first-order valence-corrected chi connectivity index (χ1v) is 7.16. The largest absolute Gasteiger partial charge is 0.463 e. The molecule has 0 radical (unpaired) electrons. The lowest BCUT2D eigenvalue weighted by Gasteiger charge is -2.11. The summed E-state index contributed by atoms with van der Waals surface area (Å²) in [6.07, 6.45) is 1.30. The van der Waals surface area contributed by atoms with Gasteiger partial charge in [0.25, 0.3) is 0 Å². The standard InChI is InChI=1S/C14H26O6/c1-3-5-11(15)9-19-13(17)7-8-14(18)20-10-12(16)6-4-2/h11-12,15-16H,3-10H2,1-2H3. The Balaban J connectivity index is 3.65. The second kappa shape index (κ2) is 11.7. The summed E-state index contributed by atoms with van der Waals surface area (Å²) in [5, 5.41) is 18.7. The Morgan fingerprint density at radius 1 is 0.850 bits per heavy atom. The summed E-state index contributed by atoms with van der Waals surface area (Å²) in [6.45, 7) is 3.76. The van der Waals surface area contributed by atoms with Crippen molar-refractivity contribution in [1.82, 2.24) is 0 Å². The van der Waals surface area contributed by atoms with Gasteiger partial charge in [-0.1, -0.05) is 26.7 Å². The summed E-state index contributed by atoms with van der Waals surface area (Å²) in [5.41, 5.74) is 0. The molecule has 0 aromatic rings. The summed E-state index contributed by atoms with van der Waals surface area (Å²) in [6, 6.07) is 0. The SMILES string of the molecule is CCCC(O)COC(=O)CCC(=O)OCC(O)CCC. The van der Waals surface area contributed by atoms with Crippen molar-refractivity contribution < 1.29 is 29.3 Å². The van der Waals surface area contributed by atoms with E-state index in [0.717, 1.165) is 12.8 Å². The van der Waals surface area contributed by atoms with Gasteiger partial charge in [-0.2, -0.15) is 0 Å². The third-order valence-corrected chi connectivity index (χ3v) is 2.65. The fourth-order valence-corrected chi connectivity index (χ4v) is 1.56. The van der Waals surface area contributed by atoms with Crippen LogP contribution < -0.4 is 0 Å². The molecule has 6 nitrogen and oxygen atoms in total. The molecule has 0 aromatic carbocycles. The van der Waals surface area contributed by atoms with Gasteiger partial charge in [-0.15, -0.1) is 0 Å². The summed E-state index contributed by atoms with van der Waals surface area (Å²) in [4.78, 5) is 22.6. The molecule has 0 saturated heterocycles. The Morgan fingerprint density at radius 2 is 1.20 bits per heavy atom. The molecular weight excluding hydrogens is 264 g/mol. The second-order valence-corrected chi connectivity index (χ2v) is 4.75. The predicted octanol–water partition coefficient (Wildman–Crippen LogP) is 1.17. The average Bonchev–Trinajstić information content (AvgIpc) is 2.41. The van der Waals surface area contributed by atoms with E-state index in [2.05, 4.69) is 0 Å². The zero-order chi connectivity index (χ0) is 15.4. The van der Waals surface area contributed by atoms with Gasteiger partial charge < -0.3 is 19.7 Å². The van der Waals surface area contributed by atoms with Crippen molar-refractivity contribution in [3.63, 3.8) is 0 Å². The smallest absolute Gasteiger partial charge is 0.306 e. The van der Waals surface area contributed by atoms with Gasteiger partial charge in [-0.25, -0.2) is 0 Å². The van der Waals surface area contributed by atoms with Crippen LogP contribution in [-0.2, 0) is 19.1 Å². The highest BCUT2D eigenvalue weighted by molar-refractivity contribution is 5.77. The van der Waals surface area contributed by atoms with Crippen LogP contribution in [0.5, 0.6) is 0 Å². The molecule has 2 N–H and O–H groups in total. The summed E-state index contributed by atoms with van der Waals surface area (Å²) in [7, 11) is 0. The number of carbonyl (C=O) groups is 2. The quantitative estimate of drug-likeness (QED) is 0.555. The molecule has 6 heteroatoms. The first kappa shape index (κ1) is 18.9. The van der Waals surface area contributed by atoms with E-state index in [1.807, 2.05) is 13.8 Å². The number of ether oxygens (including phenoxy) is 2. The van der Waals surface area contributed by atoms with Crippen LogP contribution in [0.3, 0.4) is 0 Å². The van der Waals surface area contributed by atoms with E-state index in [9.17, 15) is 19.8 Å². The Morgan fingerprint density at radius 3 is 1.50 bits per heavy atom. The molecule has 0 aromatic heterocycles. The maximum Gasteiger partial charge on any atom is 0.306 e. The van der Waals surface area contributed by atoms with Crippen molar-refractivity contribution in [2.75, 3.05) is 13.2 Å². The Kier molecular flexibility index (Phi) is 11.0. The van der Waals surface area contributed by atoms with Crippen molar-refractivity contribution >= 4 is 11.9 Å². The van der Waals surface area contributed by atoms with Gasteiger partial charge in [0.2, 0.25) is 0 Å². The third-order valence-electron chi connectivity index (χ3n) is 2.65. The minimum Gasteiger partial charge on any atom is -0.463 e. The number of rotatable bonds is 11. The van der Waals surface area contributed by atoms with Gasteiger partial charge in [-0.3, -0.25) is 9.59 Å². The minimum absolute atomic E-state index is 0.0447. The van der Waals surface area contributed by atoms with Crippen molar-refractivity contribution in [3.05, 3.63) is 0 Å². The van der Waals surface area contributed by atoms with Crippen LogP contribution in [0.1, 0.15) is 52.4 Å². The van der Waals surface area contributed by atoms with Gasteiger partial charge >= 0.3 is 11.9 Å². The van der Waals surface area contributed by atoms with E-state index >= 15 is 0 Å². The normalized spacial score (nSPS) is 13.6. The molecule has 118 valence electrons. The molecule has 0 spiro atoms. The molecule has 0 aliphatic carbocycles. The van der Waals surface area contributed by atoms with E-state index in [-0.39, 0.29) is 26.1 Å². The highest BCUT2D eigenvalue weighted by Crippen LogP contribution is 2.02. The second-order valence-electron chi connectivity index (χ2n) is 4.75. The van der Waals surface area contributed by atoms with Crippen LogP contribution in [-0.4, -0.2) is 47.6 Å². The first-order valence-electron chi connectivity index (χ1n) is 7.16. The molecule has 0 aliphatic rings. The van der Waals surface area contributed by atoms with E-state index < -0.39 is 24.1 Å². The molecule has 0 aliphatic heterocycles. The van der Waals surface area contributed by atoms with E-state index in [4.69, 9.17) is 9.47 Å². The zero-order valence-electron chi connectivity index (χ0n) is 12.3. The molecule has 0 heterocycles. The zero-order valence-corrected chi connectivity index (χ0v) is 12.3. The fraction of sp³-hybridized carbons (Fsp3) is 0.857. The molecule has 2 unspecified atom stereocenters. The topological polar surface area (TPSA) is 93.1 Å². The predicted molar refractivity (Wildman–Crippen MR) is 73.0 cm³/mol. The van der Waals surface area contributed by atoms with Gasteiger partial charge in [0.1, 0.15) is 13.2 Å². The number of esters is 2. The molecule has 0 bridgehead atoms. The molecule has 0 fully saturated rings. The fourth-order valence-electron chi connectivity index (χ4n) is 1.56. The summed E-state index contributed by atoms with van der Waals surface area (Å²) >= 11 is 0. The average molecular weight is 290 g/mol. The highest BCUT2D eigenvalue weighted by atomic mass is 16.5. The lowest BCUT2D eigenvalue weighted by atomic mass is 10.2. The van der Waals surface area contributed by atoms with Crippen LogP contribution in [0.4, 0.5) is 0 Å². The maximum atomic E-state index is 11.3. The number of hydrogen-bond donors (Lipinski definition) is 2. The monoisotopic (exact) mass is 290 g/mol. The van der Waals surface area contributed by atoms with Crippen LogP contribution in [0.25, 0.3) is 0 Å². The van der Waals surface area contributed by atoms with Gasteiger partial charge in [0.05, 0.1) is 25.0 Å². The molecule has 0 saturated carbocycles. The van der Waals surface area contributed by atoms with Crippen molar-refractivity contribution in [2.45, 2.75) is 64.6 Å². The van der Waals surface area contributed by atoms with Crippen molar-refractivity contribution in [3.8, 4) is 0 Å². The summed E-state index contributed by atoms with van der Waals surface area (Å²) < 4.78 is 9.65. The van der Waals surface area contributed by atoms with E-state index in [1.54, 1.807) is 0 Å². The highest BCUT2D eigenvalue weighted by Gasteiger charge is 2.12. The molecule has 20 heavy (non-hydrogen) atoms. The van der Waals surface area contributed by atoms with E-state index in [0.29, 0.717) is 12.8 Å². The number of hydrogen-bond acceptors (Lipinski definition) is 6. The van der Waals surface area contributed by atoms with Crippen LogP contribution in [0.15, 0.2) is 0 Å². The number of aliphatic hydroxyl groups is 2. The van der Waals surface area contributed by atoms with Crippen molar-refractivity contribution in [1.29, 1.82) is 0 Å². The molecule has 0 rings (SSSR count). The van der Waals surface area contributed by atoms with Gasteiger partial charge in [-0.05, 0) is 12.8 Å².